The number of fused-ring (bicyclic) bond motifs is 1. The molecule has 0 radical (unpaired) electrons. The molecule has 0 bridgehead atoms. The average molecular weight is 250 g/mol. The van der Waals surface area contributed by atoms with Crippen molar-refractivity contribution in [2.45, 2.75) is 76.3 Å². The Labute approximate surface area is 112 Å². The van der Waals surface area contributed by atoms with E-state index in [2.05, 4.69) is 4.90 Å². The number of nitrogens with two attached hydrogens (primary N) is 1. The first-order valence-electron chi connectivity index (χ1n) is 8.36. The summed E-state index contributed by atoms with van der Waals surface area (Å²) in [5.74, 6) is 1.92. The Balaban J connectivity index is 1.71. The highest BCUT2D eigenvalue weighted by Crippen LogP contribution is 2.39. The SMILES string of the molecule is NCC(C1CCCC1)N1CCCC2CCCCC21. The van der Waals surface area contributed by atoms with Gasteiger partial charge in [-0.05, 0) is 56.9 Å². The van der Waals surface area contributed by atoms with Crippen LogP contribution in [0.15, 0.2) is 0 Å². The van der Waals surface area contributed by atoms with E-state index in [0.717, 1.165) is 24.4 Å². The van der Waals surface area contributed by atoms with Crippen LogP contribution in [-0.2, 0) is 0 Å². The molecule has 2 N–H and O–H groups in total. The van der Waals surface area contributed by atoms with Gasteiger partial charge in [-0.1, -0.05) is 25.7 Å². The standard InChI is InChI=1S/C16H30N2/c17-12-16(14-7-1-2-8-14)18-11-5-9-13-6-3-4-10-15(13)18/h13-16H,1-12,17H2. The Kier molecular flexibility index (Phi) is 4.25. The molecule has 2 heteroatoms. The van der Waals surface area contributed by atoms with E-state index < -0.39 is 0 Å². The summed E-state index contributed by atoms with van der Waals surface area (Å²) in [6.07, 6.45) is 14.6. The molecule has 2 saturated carbocycles. The minimum atomic E-state index is 0.707. The largest absolute Gasteiger partial charge is 0.329 e. The molecule has 0 aromatic heterocycles. The van der Waals surface area contributed by atoms with Crippen molar-refractivity contribution in [2.24, 2.45) is 17.6 Å². The number of hydrogen-bond donors (Lipinski definition) is 1. The molecule has 104 valence electrons. The van der Waals surface area contributed by atoms with Crippen LogP contribution in [0.25, 0.3) is 0 Å². The van der Waals surface area contributed by atoms with Crippen molar-refractivity contribution < 1.29 is 0 Å². The van der Waals surface area contributed by atoms with Crippen LogP contribution in [-0.4, -0.2) is 30.1 Å². The molecule has 3 unspecified atom stereocenters. The highest BCUT2D eigenvalue weighted by molar-refractivity contribution is 4.93. The van der Waals surface area contributed by atoms with Crippen LogP contribution in [0.1, 0.15) is 64.2 Å². The monoisotopic (exact) mass is 250 g/mol. The third kappa shape index (κ3) is 2.46. The predicted octanol–water partition coefficient (Wildman–Crippen LogP) is 3.16. The second-order valence-corrected chi connectivity index (χ2v) is 6.84. The summed E-state index contributed by atoms with van der Waals surface area (Å²) in [6.45, 7) is 2.23. The first-order valence-corrected chi connectivity index (χ1v) is 8.36. The van der Waals surface area contributed by atoms with Crippen molar-refractivity contribution in [1.29, 1.82) is 0 Å². The Morgan fingerprint density at radius 1 is 0.889 bits per heavy atom. The van der Waals surface area contributed by atoms with Crippen LogP contribution in [0.2, 0.25) is 0 Å². The lowest BCUT2D eigenvalue weighted by Crippen LogP contribution is -2.55. The molecular weight excluding hydrogens is 220 g/mol. The first kappa shape index (κ1) is 12.9. The summed E-state index contributed by atoms with van der Waals surface area (Å²) in [6, 6.07) is 1.60. The maximum atomic E-state index is 6.16. The molecule has 18 heavy (non-hydrogen) atoms. The molecule has 0 aromatic carbocycles. The van der Waals surface area contributed by atoms with Crippen molar-refractivity contribution in [3.8, 4) is 0 Å². The van der Waals surface area contributed by atoms with Gasteiger partial charge in [-0.2, -0.15) is 0 Å². The highest BCUT2D eigenvalue weighted by Gasteiger charge is 2.39. The number of likely N-dealkylation sites (tertiary alicyclic amines) is 1. The lowest BCUT2D eigenvalue weighted by atomic mass is 9.77. The van der Waals surface area contributed by atoms with Gasteiger partial charge in [0.05, 0.1) is 0 Å². The van der Waals surface area contributed by atoms with Gasteiger partial charge in [0.15, 0.2) is 0 Å². The van der Waals surface area contributed by atoms with Gasteiger partial charge < -0.3 is 5.73 Å². The van der Waals surface area contributed by atoms with E-state index in [1.165, 1.54) is 70.8 Å². The van der Waals surface area contributed by atoms with Gasteiger partial charge in [0.1, 0.15) is 0 Å². The van der Waals surface area contributed by atoms with Crippen molar-refractivity contribution >= 4 is 0 Å². The van der Waals surface area contributed by atoms with E-state index in [-0.39, 0.29) is 0 Å². The summed E-state index contributed by atoms with van der Waals surface area (Å²) in [4.78, 5) is 2.86. The molecule has 2 aliphatic carbocycles. The Hall–Kier alpha value is -0.0800. The van der Waals surface area contributed by atoms with Crippen LogP contribution in [0, 0.1) is 11.8 Å². The average Bonchev–Trinajstić information content (AvgIpc) is 2.94. The molecule has 3 fully saturated rings. The van der Waals surface area contributed by atoms with E-state index in [9.17, 15) is 0 Å². The van der Waals surface area contributed by atoms with Gasteiger partial charge in [-0.15, -0.1) is 0 Å². The fourth-order valence-corrected chi connectivity index (χ4v) is 5.02. The second-order valence-electron chi connectivity index (χ2n) is 6.84. The zero-order chi connectivity index (χ0) is 12.4. The third-order valence-corrected chi connectivity index (χ3v) is 5.90. The molecule has 1 heterocycles. The van der Waals surface area contributed by atoms with E-state index >= 15 is 0 Å². The van der Waals surface area contributed by atoms with Gasteiger partial charge in [-0.25, -0.2) is 0 Å². The Morgan fingerprint density at radius 3 is 2.33 bits per heavy atom. The zero-order valence-corrected chi connectivity index (χ0v) is 11.8. The number of rotatable bonds is 3. The highest BCUT2D eigenvalue weighted by atomic mass is 15.2. The third-order valence-electron chi connectivity index (χ3n) is 5.90. The molecular formula is C16H30N2. The van der Waals surface area contributed by atoms with Gasteiger partial charge in [0, 0.05) is 18.6 Å². The van der Waals surface area contributed by atoms with Gasteiger partial charge in [0.25, 0.3) is 0 Å². The summed E-state index contributed by atoms with van der Waals surface area (Å²) in [5, 5.41) is 0. The number of piperidine rings is 1. The van der Waals surface area contributed by atoms with Crippen LogP contribution in [0.5, 0.6) is 0 Å². The van der Waals surface area contributed by atoms with Gasteiger partial charge in [-0.3, -0.25) is 4.90 Å². The molecule has 3 rings (SSSR count). The first-order chi connectivity index (χ1) is 8.90. The fraction of sp³-hybridized carbons (Fsp3) is 1.00. The van der Waals surface area contributed by atoms with Crippen molar-refractivity contribution in [1.82, 2.24) is 4.90 Å². The zero-order valence-electron chi connectivity index (χ0n) is 11.8. The molecule has 0 aromatic rings. The quantitative estimate of drug-likeness (QED) is 0.833. The topological polar surface area (TPSA) is 29.3 Å². The van der Waals surface area contributed by atoms with Crippen molar-refractivity contribution in [3.63, 3.8) is 0 Å². The number of nitrogens with zero attached hydrogens (tertiary/aromatic N) is 1. The minimum absolute atomic E-state index is 0.707. The number of hydrogen-bond acceptors (Lipinski definition) is 2. The second kappa shape index (κ2) is 5.92. The normalized spacial score (nSPS) is 36.5. The van der Waals surface area contributed by atoms with E-state index in [1.54, 1.807) is 0 Å². The van der Waals surface area contributed by atoms with Gasteiger partial charge in [0.2, 0.25) is 0 Å². The summed E-state index contributed by atoms with van der Waals surface area (Å²) in [7, 11) is 0. The lowest BCUT2D eigenvalue weighted by Gasteiger charge is -2.49. The van der Waals surface area contributed by atoms with E-state index in [1.807, 2.05) is 0 Å². The molecule has 1 saturated heterocycles. The summed E-state index contributed by atoms with van der Waals surface area (Å²) in [5.41, 5.74) is 6.16. The Bertz CT molecular complexity index is 258. The van der Waals surface area contributed by atoms with Gasteiger partial charge >= 0.3 is 0 Å². The van der Waals surface area contributed by atoms with E-state index in [4.69, 9.17) is 5.73 Å². The minimum Gasteiger partial charge on any atom is -0.329 e. The smallest absolute Gasteiger partial charge is 0.0249 e. The maximum absolute atomic E-state index is 6.16. The van der Waals surface area contributed by atoms with Crippen LogP contribution in [0.4, 0.5) is 0 Å². The van der Waals surface area contributed by atoms with Crippen LogP contribution >= 0.6 is 0 Å². The predicted molar refractivity (Wildman–Crippen MR) is 76.5 cm³/mol. The molecule has 3 atom stereocenters. The molecule has 2 nitrogen and oxygen atoms in total. The molecule has 3 aliphatic rings. The molecule has 1 aliphatic heterocycles. The molecule has 0 amide bonds. The van der Waals surface area contributed by atoms with Crippen molar-refractivity contribution in [3.05, 3.63) is 0 Å². The van der Waals surface area contributed by atoms with Crippen molar-refractivity contribution in [2.75, 3.05) is 13.1 Å². The lowest BCUT2D eigenvalue weighted by molar-refractivity contribution is 0.00865. The molecule has 0 spiro atoms. The van der Waals surface area contributed by atoms with E-state index in [0.29, 0.717) is 6.04 Å². The summed E-state index contributed by atoms with van der Waals surface area (Å²) < 4.78 is 0. The fourth-order valence-electron chi connectivity index (χ4n) is 5.02. The Morgan fingerprint density at radius 2 is 1.56 bits per heavy atom. The maximum Gasteiger partial charge on any atom is 0.0249 e. The van der Waals surface area contributed by atoms with Crippen LogP contribution in [0.3, 0.4) is 0 Å². The van der Waals surface area contributed by atoms with Crippen LogP contribution < -0.4 is 5.73 Å². The summed E-state index contributed by atoms with van der Waals surface area (Å²) >= 11 is 0.